The van der Waals surface area contributed by atoms with Crippen LogP contribution in [0.2, 0.25) is 0 Å². The highest BCUT2D eigenvalue weighted by Gasteiger charge is 2.02. The van der Waals surface area contributed by atoms with Crippen molar-refractivity contribution in [3.8, 4) is 0 Å². The molecule has 92 valence electrons. The van der Waals surface area contributed by atoms with Crippen LogP contribution in [-0.2, 0) is 11.2 Å². The number of aryl methyl sites for hydroxylation is 2. The van der Waals surface area contributed by atoms with Crippen molar-refractivity contribution in [3.05, 3.63) is 47.0 Å². The van der Waals surface area contributed by atoms with Gasteiger partial charge in [-0.25, -0.2) is 0 Å². The minimum atomic E-state index is 0.0347. The molecule has 0 fully saturated rings. The number of benzene rings is 1. The molecule has 0 heterocycles. The van der Waals surface area contributed by atoms with Crippen LogP contribution in [0.15, 0.2) is 30.4 Å². The fourth-order valence-electron chi connectivity index (χ4n) is 1.48. The number of hydrogen-bond acceptors (Lipinski definition) is 1. The van der Waals surface area contributed by atoms with Crippen molar-refractivity contribution in [2.45, 2.75) is 20.3 Å². The molecule has 0 aliphatic carbocycles. The van der Waals surface area contributed by atoms with E-state index in [1.807, 2.05) is 24.3 Å². The van der Waals surface area contributed by atoms with Crippen molar-refractivity contribution in [3.63, 3.8) is 0 Å². The van der Waals surface area contributed by atoms with Crippen LogP contribution in [-0.4, -0.2) is 18.3 Å². The van der Waals surface area contributed by atoms with Gasteiger partial charge in [0, 0.05) is 12.4 Å². The average molecular weight is 252 g/mol. The summed E-state index contributed by atoms with van der Waals surface area (Å²) in [5, 5.41) is 2.82. The van der Waals surface area contributed by atoms with Gasteiger partial charge in [-0.1, -0.05) is 30.4 Å². The molecule has 1 N–H and O–H groups in total. The van der Waals surface area contributed by atoms with Gasteiger partial charge in [-0.2, -0.15) is 0 Å². The lowest BCUT2D eigenvalue weighted by atomic mass is 10.0. The van der Waals surface area contributed by atoms with E-state index in [1.54, 1.807) is 0 Å². The molecule has 0 bridgehead atoms. The van der Waals surface area contributed by atoms with E-state index in [2.05, 4.69) is 25.2 Å². The number of nitrogens with one attached hydrogen (secondary N) is 1. The van der Waals surface area contributed by atoms with Crippen LogP contribution in [0.25, 0.3) is 0 Å². The highest BCUT2D eigenvalue weighted by molar-refractivity contribution is 6.18. The third-order valence-electron chi connectivity index (χ3n) is 2.61. The molecule has 0 spiro atoms. The third-order valence-corrected chi connectivity index (χ3v) is 2.79. The molecule has 17 heavy (non-hydrogen) atoms. The standard InChI is InChI=1S/C14H18ClNO/c1-11-5-6-13(9-12(11)2)10-14(17)16-8-4-3-7-15/h3-6,9H,7-8,10H2,1-2H3,(H,16,17)/b4-3+. The smallest absolute Gasteiger partial charge is 0.224 e. The lowest BCUT2D eigenvalue weighted by molar-refractivity contribution is -0.120. The third kappa shape index (κ3) is 5.05. The SMILES string of the molecule is Cc1ccc(CC(=O)NC/C=C/CCl)cc1C. The van der Waals surface area contributed by atoms with E-state index >= 15 is 0 Å². The summed E-state index contributed by atoms with van der Waals surface area (Å²) < 4.78 is 0. The van der Waals surface area contributed by atoms with Crippen LogP contribution < -0.4 is 5.32 Å². The van der Waals surface area contributed by atoms with Gasteiger partial charge >= 0.3 is 0 Å². The van der Waals surface area contributed by atoms with Gasteiger partial charge in [0.25, 0.3) is 0 Å². The Balaban J connectivity index is 2.45. The Kier molecular flexibility index (Phi) is 5.78. The summed E-state index contributed by atoms with van der Waals surface area (Å²) >= 11 is 5.48. The molecule has 0 aromatic heterocycles. The zero-order valence-electron chi connectivity index (χ0n) is 10.3. The molecule has 1 aromatic rings. The summed E-state index contributed by atoms with van der Waals surface area (Å²) in [7, 11) is 0. The molecule has 0 saturated carbocycles. The molecule has 3 heteroatoms. The van der Waals surface area contributed by atoms with Gasteiger partial charge in [-0.3, -0.25) is 4.79 Å². The van der Waals surface area contributed by atoms with Gasteiger partial charge in [0.1, 0.15) is 0 Å². The van der Waals surface area contributed by atoms with E-state index in [1.165, 1.54) is 11.1 Å². The fourth-order valence-corrected chi connectivity index (χ4v) is 1.61. The highest BCUT2D eigenvalue weighted by atomic mass is 35.5. The predicted octanol–water partition coefficient (Wildman–Crippen LogP) is 2.76. The summed E-state index contributed by atoms with van der Waals surface area (Å²) in [5.41, 5.74) is 3.52. The summed E-state index contributed by atoms with van der Waals surface area (Å²) in [4.78, 5) is 11.6. The number of halogens is 1. The maximum absolute atomic E-state index is 11.6. The Morgan fingerprint density at radius 3 is 2.71 bits per heavy atom. The van der Waals surface area contributed by atoms with E-state index in [0.29, 0.717) is 18.8 Å². The zero-order chi connectivity index (χ0) is 12.7. The van der Waals surface area contributed by atoms with Crippen LogP contribution in [0.5, 0.6) is 0 Å². The van der Waals surface area contributed by atoms with Gasteiger partial charge in [-0.15, -0.1) is 11.6 Å². The quantitative estimate of drug-likeness (QED) is 0.633. The second-order valence-corrected chi connectivity index (χ2v) is 4.33. The number of allylic oxidation sites excluding steroid dienone is 1. The largest absolute Gasteiger partial charge is 0.352 e. The Hall–Kier alpha value is -1.28. The minimum Gasteiger partial charge on any atom is -0.352 e. The molecule has 0 saturated heterocycles. The Morgan fingerprint density at radius 1 is 1.29 bits per heavy atom. The Morgan fingerprint density at radius 2 is 2.06 bits per heavy atom. The molecule has 2 nitrogen and oxygen atoms in total. The van der Waals surface area contributed by atoms with E-state index in [4.69, 9.17) is 11.6 Å². The van der Waals surface area contributed by atoms with Crippen LogP contribution in [0.3, 0.4) is 0 Å². The summed E-state index contributed by atoms with van der Waals surface area (Å²) in [6, 6.07) is 6.10. The molecule has 0 unspecified atom stereocenters. The normalized spacial score (nSPS) is 10.8. The number of carbonyl (C=O) groups excluding carboxylic acids is 1. The van der Waals surface area contributed by atoms with Crippen LogP contribution in [0.1, 0.15) is 16.7 Å². The predicted molar refractivity (Wildman–Crippen MR) is 72.5 cm³/mol. The highest BCUT2D eigenvalue weighted by Crippen LogP contribution is 2.10. The van der Waals surface area contributed by atoms with Gasteiger partial charge in [-0.05, 0) is 30.5 Å². The Bertz CT molecular complexity index is 413. The van der Waals surface area contributed by atoms with Gasteiger partial charge in [0.2, 0.25) is 5.91 Å². The lowest BCUT2D eigenvalue weighted by Gasteiger charge is -2.05. The first-order valence-corrected chi connectivity index (χ1v) is 6.20. The number of carbonyl (C=O) groups is 1. The zero-order valence-corrected chi connectivity index (χ0v) is 11.1. The fraction of sp³-hybridized carbons (Fsp3) is 0.357. The maximum atomic E-state index is 11.6. The van der Waals surface area contributed by atoms with Crippen molar-refractivity contribution >= 4 is 17.5 Å². The molecule has 1 aromatic carbocycles. The van der Waals surface area contributed by atoms with Crippen molar-refractivity contribution in [2.75, 3.05) is 12.4 Å². The van der Waals surface area contributed by atoms with Gasteiger partial charge in [0.05, 0.1) is 6.42 Å². The summed E-state index contributed by atoms with van der Waals surface area (Å²) in [6.07, 6.45) is 4.10. The second-order valence-electron chi connectivity index (χ2n) is 4.03. The number of amides is 1. The maximum Gasteiger partial charge on any atom is 0.224 e. The first-order valence-electron chi connectivity index (χ1n) is 5.67. The number of hydrogen-bond donors (Lipinski definition) is 1. The Labute approximate surface area is 108 Å². The van der Waals surface area contributed by atoms with E-state index in [0.717, 1.165) is 5.56 Å². The molecular weight excluding hydrogens is 234 g/mol. The first-order chi connectivity index (χ1) is 8.13. The van der Waals surface area contributed by atoms with E-state index in [9.17, 15) is 4.79 Å². The van der Waals surface area contributed by atoms with Crippen molar-refractivity contribution in [2.24, 2.45) is 0 Å². The van der Waals surface area contributed by atoms with Crippen molar-refractivity contribution in [1.82, 2.24) is 5.32 Å². The van der Waals surface area contributed by atoms with Crippen molar-refractivity contribution in [1.29, 1.82) is 0 Å². The molecule has 1 rings (SSSR count). The second kappa shape index (κ2) is 7.13. The van der Waals surface area contributed by atoms with E-state index < -0.39 is 0 Å². The van der Waals surface area contributed by atoms with Crippen molar-refractivity contribution < 1.29 is 4.79 Å². The molecule has 0 atom stereocenters. The van der Waals surface area contributed by atoms with Gasteiger partial charge < -0.3 is 5.32 Å². The number of rotatable bonds is 5. The summed E-state index contributed by atoms with van der Waals surface area (Å²) in [6.45, 7) is 4.66. The number of alkyl halides is 1. The van der Waals surface area contributed by atoms with Gasteiger partial charge in [0.15, 0.2) is 0 Å². The average Bonchev–Trinajstić information content (AvgIpc) is 2.30. The molecule has 0 aliphatic rings. The van der Waals surface area contributed by atoms with Crippen LogP contribution >= 0.6 is 11.6 Å². The molecule has 1 amide bonds. The minimum absolute atomic E-state index is 0.0347. The van der Waals surface area contributed by atoms with E-state index in [-0.39, 0.29) is 5.91 Å². The molecule has 0 radical (unpaired) electrons. The first kappa shape index (κ1) is 13.8. The monoisotopic (exact) mass is 251 g/mol. The molecular formula is C14H18ClNO. The summed E-state index contributed by atoms with van der Waals surface area (Å²) in [5.74, 6) is 0.514. The molecule has 0 aliphatic heterocycles. The van der Waals surface area contributed by atoms with Crippen LogP contribution in [0, 0.1) is 13.8 Å². The topological polar surface area (TPSA) is 29.1 Å². The lowest BCUT2D eigenvalue weighted by Crippen LogP contribution is -2.25. The van der Waals surface area contributed by atoms with Crippen LogP contribution in [0.4, 0.5) is 0 Å².